The molecule has 1 rings (SSSR count). The molecule has 0 aliphatic carbocycles. The van der Waals surface area contributed by atoms with Gasteiger partial charge in [-0.05, 0) is 43.9 Å². The largest absolute Gasteiger partial charge is 0.493 e. The number of nitrogens with one attached hydrogen (secondary N) is 2. The number of hydrogen-bond donors (Lipinski definition) is 2. The van der Waals surface area contributed by atoms with Crippen LogP contribution in [-0.2, 0) is 6.42 Å². The van der Waals surface area contributed by atoms with Gasteiger partial charge in [0.1, 0.15) is 0 Å². The van der Waals surface area contributed by atoms with Crippen LogP contribution < -0.4 is 20.1 Å². The summed E-state index contributed by atoms with van der Waals surface area (Å²) >= 11 is 0. The smallest absolute Gasteiger partial charge is 0.191 e. The Morgan fingerprint density at radius 1 is 1.09 bits per heavy atom. The Bertz CT molecular complexity index is 473. The first-order chi connectivity index (χ1) is 10.6. The van der Waals surface area contributed by atoms with E-state index in [4.69, 9.17) is 9.47 Å². The minimum absolute atomic E-state index is 0. The molecule has 1 aromatic carbocycles. The second kappa shape index (κ2) is 12.3. The third kappa shape index (κ3) is 7.76. The van der Waals surface area contributed by atoms with Crippen LogP contribution >= 0.6 is 24.0 Å². The zero-order valence-corrected chi connectivity index (χ0v) is 17.1. The Morgan fingerprint density at radius 3 is 2.22 bits per heavy atom. The van der Waals surface area contributed by atoms with Crippen LogP contribution in [0.3, 0.4) is 0 Å². The lowest BCUT2D eigenvalue weighted by Crippen LogP contribution is -2.37. The van der Waals surface area contributed by atoms with Crippen molar-refractivity contribution in [2.75, 3.05) is 33.9 Å². The molecule has 0 heterocycles. The third-order valence-electron chi connectivity index (χ3n) is 3.28. The Hall–Kier alpha value is -1.18. The van der Waals surface area contributed by atoms with E-state index in [1.807, 2.05) is 12.1 Å². The predicted octanol–water partition coefficient (Wildman–Crippen LogP) is 3.08. The van der Waals surface area contributed by atoms with Gasteiger partial charge >= 0.3 is 0 Å². The van der Waals surface area contributed by atoms with E-state index in [1.54, 1.807) is 14.2 Å². The van der Waals surface area contributed by atoms with Gasteiger partial charge in [-0.2, -0.15) is 0 Å². The van der Waals surface area contributed by atoms with E-state index < -0.39 is 0 Å². The molecule has 6 heteroatoms. The van der Waals surface area contributed by atoms with Gasteiger partial charge in [-0.25, -0.2) is 0 Å². The van der Waals surface area contributed by atoms with E-state index in [1.165, 1.54) is 5.56 Å². The van der Waals surface area contributed by atoms with E-state index in [9.17, 15) is 0 Å². The van der Waals surface area contributed by atoms with E-state index in [-0.39, 0.29) is 24.0 Å². The first kappa shape index (κ1) is 21.8. The first-order valence-corrected chi connectivity index (χ1v) is 7.87. The first-order valence-electron chi connectivity index (χ1n) is 7.87. The van der Waals surface area contributed by atoms with Crippen molar-refractivity contribution < 1.29 is 9.47 Å². The normalized spacial score (nSPS) is 11.0. The van der Waals surface area contributed by atoms with Gasteiger partial charge in [0.2, 0.25) is 0 Å². The van der Waals surface area contributed by atoms with Crippen molar-refractivity contribution in [1.29, 1.82) is 0 Å². The molecule has 1 aromatic rings. The van der Waals surface area contributed by atoms with Crippen LogP contribution in [0.25, 0.3) is 0 Å². The van der Waals surface area contributed by atoms with Crippen molar-refractivity contribution in [3.05, 3.63) is 23.8 Å². The molecule has 0 aromatic heterocycles. The highest BCUT2D eigenvalue weighted by Gasteiger charge is 2.08. The number of aliphatic imine (C=N–C) groups is 1. The number of guanidine groups is 1. The Kier molecular flexibility index (Phi) is 11.6. The van der Waals surface area contributed by atoms with E-state index >= 15 is 0 Å². The molecular formula is C17H30IN3O2. The summed E-state index contributed by atoms with van der Waals surface area (Å²) < 4.78 is 10.6. The molecule has 132 valence electrons. The molecule has 2 N–H and O–H groups in total. The minimum Gasteiger partial charge on any atom is -0.493 e. The summed E-state index contributed by atoms with van der Waals surface area (Å²) in [5.74, 6) is 2.87. The van der Waals surface area contributed by atoms with Crippen molar-refractivity contribution in [1.82, 2.24) is 10.6 Å². The molecule has 0 aliphatic heterocycles. The number of methoxy groups -OCH3 is 2. The highest BCUT2D eigenvalue weighted by molar-refractivity contribution is 14.0. The standard InChI is InChI=1S/C17H29N3O2.HI/c1-6-18-17(19-7-2)20-12-13(3)10-14-8-9-15(21-4)16(11-14)22-5;/h8-9,11,13H,6-7,10,12H2,1-5H3,(H2,18,19,20);1H. The average molecular weight is 435 g/mol. The zero-order chi connectivity index (χ0) is 16.4. The lowest BCUT2D eigenvalue weighted by atomic mass is 10.0. The number of hydrogen-bond acceptors (Lipinski definition) is 3. The van der Waals surface area contributed by atoms with Crippen molar-refractivity contribution in [3.8, 4) is 11.5 Å². The summed E-state index contributed by atoms with van der Waals surface area (Å²) in [6.07, 6.45) is 0.954. The van der Waals surface area contributed by atoms with Gasteiger partial charge in [0.15, 0.2) is 17.5 Å². The zero-order valence-electron chi connectivity index (χ0n) is 14.8. The molecule has 0 amide bonds. The summed E-state index contributed by atoms with van der Waals surface area (Å²) in [5, 5.41) is 6.48. The summed E-state index contributed by atoms with van der Waals surface area (Å²) in [5.41, 5.74) is 1.23. The second-order valence-electron chi connectivity index (χ2n) is 5.25. The van der Waals surface area contributed by atoms with Gasteiger partial charge < -0.3 is 20.1 Å². The molecule has 0 radical (unpaired) electrons. The molecule has 0 fully saturated rings. The molecule has 0 bridgehead atoms. The number of benzene rings is 1. The fraction of sp³-hybridized carbons (Fsp3) is 0.588. The molecule has 23 heavy (non-hydrogen) atoms. The van der Waals surface area contributed by atoms with E-state index in [0.717, 1.165) is 43.5 Å². The van der Waals surface area contributed by atoms with Gasteiger partial charge in [-0.3, -0.25) is 4.99 Å². The lowest BCUT2D eigenvalue weighted by molar-refractivity contribution is 0.354. The van der Waals surface area contributed by atoms with Crippen LogP contribution in [0.5, 0.6) is 11.5 Å². The fourth-order valence-corrected chi connectivity index (χ4v) is 2.23. The molecule has 0 aliphatic rings. The quantitative estimate of drug-likeness (QED) is 0.375. The van der Waals surface area contributed by atoms with Gasteiger partial charge in [-0.1, -0.05) is 13.0 Å². The molecule has 1 atom stereocenters. The maximum absolute atomic E-state index is 5.35. The lowest BCUT2D eigenvalue weighted by Gasteiger charge is -2.14. The SMILES string of the molecule is CCNC(=NCC(C)Cc1ccc(OC)c(OC)c1)NCC.I. The minimum atomic E-state index is 0. The highest BCUT2D eigenvalue weighted by Crippen LogP contribution is 2.28. The number of ether oxygens (including phenoxy) is 2. The van der Waals surface area contributed by atoms with Gasteiger partial charge in [0.25, 0.3) is 0 Å². The summed E-state index contributed by atoms with van der Waals surface area (Å²) in [6, 6.07) is 6.07. The molecule has 0 saturated heterocycles. The van der Waals surface area contributed by atoms with Crippen LogP contribution in [0.4, 0.5) is 0 Å². The van der Waals surface area contributed by atoms with Crippen LogP contribution in [-0.4, -0.2) is 39.8 Å². The highest BCUT2D eigenvalue weighted by atomic mass is 127. The van der Waals surface area contributed by atoms with Gasteiger partial charge in [0.05, 0.1) is 14.2 Å². The monoisotopic (exact) mass is 435 g/mol. The van der Waals surface area contributed by atoms with Gasteiger partial charge in [-0.15, -0.1) is 24.0 Å². The van der Waals surface area contributed by atoms with Crippen molar-refractivity contribution >= 4 is 29.9 Å². The summed E-state index contributed by atoms with van der Waals surface area (Å²) in [4.78, 5) is 4.61. The molecule has 5 nitrogen and oxygen atoms in total. The number of rotatable bonds is 8. The summed E-state index contributed by atoms with van der Waals surface area (Å²) in [7, 11) is 3.31. The Labute approximate surface area is 157 Å². The molecule has 0 saturated carbocycles. The molecule has 0 spiro atoms. The summed E-state index contributed by atoms with van der Waals surface area (Å²) in [6.45, 7) is 8.87. The topological polar surface area (TPSA) is 54.9 Å². The maximum atomic E-state index is 5.35. The van der Waals surface area contributed by atoms with Crippen LogP contribution in [0.1, 0.15) is 26.3 Å². The Morgan fingerprint density at radius 2 is 1.70 bits per heavy atom. The fourth-order valence-electron chi connectivity index (χ4n) is 2.23. The van der Waals surface area contributed by atoms with Crippen LogP contribution in [0.2, 0.25) is 0 Å². The van der Waals surface area contributed by atoms with Crippen molar-refractivity contribution in [2.24, 2.45) is 10.9 Å². The third-order valence-corrected chi connectivity index (χ3v) is 3.28. The van der Waals surface area contributed by atoms with Crippen molar-refractivity contribution in [2.45, 2.75) is 27.2 Å². The molecular weight excluding hydrogens is 405 g/mol. The van der Waals surface area contributed by atoms with E-state index in [2.05, 4.69) is 42.5 Å². The predicted molar refractivity (Wildman–Crippen MR) is 107 cm³/mol. The number of halogens is 1. The maximum Gasteiger partial charge on any atom is 0.191 e. The Balaban J connectivity index is 0.00000484. The van der Waals surface area contributed by atoms with Crippen molar-refractivity contribution in [3.63, 3.8) is 0 Å². The van der Waals surface area contributed by atoms with Crippen LogP contribution in [0, 0.1) is 5.92 Å². The number of nitrogens with zero attached hydrogens (tertiary/aromatic N) is 1. The van der Waals surface area contributed by atoms with Crippen LogP contribution in [0.15, 0.2) is 23.2 Å². The molecule has 1 unspecified atom stereocenters. The second-order valence-corrected chi connectivity index (χ2v) is 5.25. The average Bonchev–Trinajstić information content (AvgIpc) is 2.53. The van der Waals surface area contributed by atoms with E-state index in [0.29, 0.717) is 5.92 Å². The van der Waals surface area contributed by atoms with Gasteiger partial charge in [0, 0.05) is 19.6 Å².